The number of pyridine rings is 1. The molecule has 1 unspecified atom stereocenters. The molecule has 0 spiro atoms. The van der Waals surface area contributed by atoms with E-state index < -0.39 is 0 Å². The number of rotatable bonds is 5. The molecule has 0 amide bonds. The smallest absolute Gasteiger partial charge is 0.129 e. The first-order valence-corrected chi connectivity index (χ1v) is 9.29. The number of hydrogen-bond donors (Lipinski definition) is 0. The third kappa shape index (κ3) is 2.91. The van der Waals surface area contributed by atoms with Crippen molar-refractivity contribution in [1.29, 1.82) is 0 Å². The van der Waals surface area contributed by atoms with E-state index in [2.05, 4.69) is 22.2 Å². The molecule has 0 aliphatic carbocycles. The molecule has 0 N–H and O–H groups in total. The summed E-state index contributed by atoms with van der Waals surface area (Å²) in [7, 11) is 0. The summed E-state index contributed by atoms with van der Waals surface area (Å²) in [4.78, 5) is 6.61. The van der Waals surface area contributed by atoms with Crippen LogP contribution in [0, 0.1) is 5.92 Å². The topological polar surface area (TPSA) is 16.1 Å². The highest BCUT2D eigenvalue weighted by molar-refractivity contribution is 7.98. The van der Waals surface area contributed by atoms with Crippen molar-refractivity contribution >= 4 is 39.8 Å². The van der Waals surface area contributed by atoms with E-state index in [1.54, 1.807) is 0 Å². The van der Waals surface area contributed by atoms with Crippen LogP contribution in [0.5, 0.6) is 0 Å². The largest absolute Gasteiger partial charge is 0.370 e. The van der Waals surface area contributed by atoms with Gasteiger partial charge in [0.1, 0.15) is 5.15 Å². The Labute approximate surface area is 140 Å². The van der Waals surface area contributed by atoms with E-state index in [9.17, 15) is 4.39 Å². The van der Waals surface area contributed by atoms with Gasteiger partial charge in [0.15, 0.2) is 0 Å². The maximum Gasteiger partial charge on any atom is 0.129 e. The summed E-state index contributed by atoms with van der Waals surface area (Å²) < 4.78 is 13.1. The normalized spacial score (nSPS) is 16.8. The second-order valence-corrected chi connectivity index (χ2v) is 7.31. The molecule has 0 bridgehead atoms. The van der Waals surface area contributed by atoms with Crippen LogP contribution in [0.2, 0.25) is 5.15 Å². The highest BCUT2D eigenvalue weighted by atomic mass is 35.5. The minimum absolute atomic E-state index is 0.129. The lowest BCUT2D eigenvalue weighted by molar-refractivity contribution is 0.448. The van der Waals surface area contributed by atoms with Gasteiger partial charge in [-0.2, -0.15) is 11.8 Å². The first kappa shape index (κ1) is 15.9. The van der Waals surface area contributed by atoms with Gasteiger partial charge in [-0.3, -0.25) is 4.39 Å². The number of anilines is 1. The van der Waals surface area contributed by atoms with E-state index >= 15 is 0 Å². The molecule has 118 valence electrons. The molecule has 1 atom stereocenters. The molecular weight excluding hydrogens is 319 g/mol. The Morgan fingerprint density at radius 2 is 2.18 bits per heavy atom. The third-order valence-corrected chi connectivity index (χ3v) is 5.35. The molecule has 1 saturated heterocycles. The molecule has 2 aromatic rings. The Kier molecular flexibility index (Phi) is 4.79. The number of nitrogens with zero attached hydrogens (tertiary/aromatic N) is 2. The lowest BCUT2D eigenvalue weighted by Crippen LogP contribution is -2.48. The molecule has 2 heterocycles. The van der Waals surface area contributed by atoms with Crippen LogP contribution < -0.4 is 4.90 Å². The van der Waals surface area contributed by atoms with Crippen LogP contribution >= 0.6 is 23.4 Å². The predicted molar refractivity (Wildman–Crippen MR) is 95.2 cm³/mol. The monoisotopic (exact) mass is 338 g/mol. The van der Waals surface area contributed by atoms with Crippen molar-refractivity contribution in [2.45, 2.75) is 12.8 Å². The van der Waals surface area contributed by atoms with Crippen LogP contribution in [0.25, 0.3) is 10.8 Å². The van der Waals surface area contributed by atoms with Gasteiger partial charge in [-0.15, -0.1) is 0 Å². The number of alkyl halides is 1. The summed E-state index contributed by atoms with van der Waals surface area (Å²) in [5.74, 6) is 1.83. The summed E-state index contributed by atoms with van der Waals surface area (Å²) >= 11 is 7.96. The van der Waals surface area contributed by atoms with Crippen LogP contribution in [0.3, 0.4) is 0 Å². The van der Waals surface area contributed by atoms with Gasteiger partial charge < -0.3 is 4.90 Å². The number of thioether (sulfide) groups is 1. The maximum absolute atomic E-state index is 13.1. The summed E-state index contributed by atoms with van der Waals surface area (Å²) in [6, 6.07) is 6.01. The van der Waals surface area contributed by atoms with Gasteiger partial charge in [-0.05, 0) is 35.1 Å². The number of fused-ring (bicyclic) bond motifs is 1. The minimum Gasteiger partial charge on any atom is -0.370 e. The van der Waals surface area contributed by atoms with Crippen molar-refractivity contribution in [2.75, 3.05) is 36.7 Å². The van der Waals surface area contributed by atoms with Crippen molar-refractivity contribution in [2.24, 2.45) is 5.92 Å². The van der Waals surface area contributed by atoms with Gasteiger partial charge in [0, 0.05) is 42.2 Å². The van der Waals surface area contributed by atoms with Crippen LogP contribution in [0.1, 0.15) is 18.4 Å². The lowest BCUT2D eigenvalue weighted by Gasteiger charge is -2.41. The Morgan fingerprint density at radius 3 is 2.86 bits per heavy atom. The summed E-state index contributed by atoms with van der Waals surface area (Å²) in [6.45, 7) is 3.70. The highest BCUT2D eigenvalue weighted by Gasteiger charge is 2.28. The van der Waals surface area contributed by atoms with Gasteiger partial charge in [0.25, 0.3) is 0 Å². The zero-order valence-electron chi connectivity index (χ0n) is 12.9. The van der Waals surface area contributed by atoms with E-state index in [0.717, 1.165) is 35.3 Å². The molecular formula is C17H20ClFN2S. The van der Waals surface area contributed by atoms with Crippen molar-refractivity contribution in [3.05, 3.63) is 35.1 Å². The Balaban J connectivity index is 1.99. The van der Waals surface area contributed by atoms with E-state index in [4.69, 9.17) is 11.6 Å². The van der Waals surface area contributed by atoms with Crippen molar-refractivity contribution in [3.8, 4) is 0 Å². The number of hydrogen-bond acceptors (Lipinski definition) is 3. The summed E-state index contributed by atoms with van der Waals surface area (Å²) in [5, 5.41) is 2.56. The van der Waals surface area contributed by atoms with Gasteiger partial charge >= 0.3 is 0 Å². The maximum atomic E-state index is 13.1. The van der Waals surface area contributed by atoms with E-state index in [1.807, 2.05) is 37.0 Å². The Morgan fingerprint density at radius 1 is 1.41 bits per heavy atom. The van der Waals surface area contributed by atoms with Crippen LogP contribution in [-0.2, 0) is 0 Å². The fraction of sp³-hybridized carbons (Fsp3) is 0.471. The van der Waals surface area contributed by atoms with Crippen LogP contribution in [0.4, 0.5) is 10.1 Å². The van der Waals surface area contributed by atoms with E-state index in [0.29, 0.717) is 5.15 Å². The highest BCUT2D eigenvalue weighted by Crippen LogP contribution is 2.37. The number of benzene rings is 1. The molecule has 1 fully saturated rings. The zero-order chi connectivity index (χ0) is 15.7. The minimum atomic E-state index is -0.367. The first-order valence-electron chi connectivity index (χ1n) is 7.52. The van der Waals surface area contributed by atoms with Crippen molar-refractivity contribution in [1.82, 2.24) is 4.98 Å². The van der Waals surface area contributed by atoms with Gasteiger partial charge in [-0.1, -0.05) is 24.6 Å². The van der Waals surface area contributed by atoms with Crippen molar-refractivity contribution in [3.63, 3.8) is 0 Å². The fourth-order valence-corrected chi connectivity index (χ4v) is 3.96. The molecule has 22 heavy (non-hydrogen) atoms. The van der Waals surface area contributed by atoms with Crippen LogP contribution in [0.15, 0.2) is 24.4 Å². The quantitative estimate of drug-likeness (QED) is 0.731. The van der Waals surface area contributed by atoms with E-state index in [1.165, 1.54) is 11.4 Å². The molecule has 1 aliphatic rings. The zero-order valence-corrected chi connectivity index (χ0v) is 14.4. The molecule has 1 aromatic heterocycles. The Bertz CT molecular complexity index is 673. The third-order valence-electron chi connectivity index (χ3n) is 4.34. The van der Waals surface area contributed by atoms with Gasteiger partial charge in [-0.25, -0.2) is 4.98 Å². The summed E-state index contributed by atoms with van der Waals surface area (Å²) in [6.07, 6.45) is 3.97. The average Bonchev–Trinajstić information content (AvgIpc) is 2.48. The molecule has 5 heteroatoms. The Hall–Kier alpha value is -1.00. The summed E-state index contributed by atoms with van der Waals surface area (Å²) in [5.41, 5.74) is 2.19. The second kappa shape index (κ2) is 6.63. The SMILES string of the molecule is CSCC1CN(c2ccc(C(C)CF)c3cc(Cl)ncc23)C1. The number of aromatic nitrogens is 1. The molecule has 1 aromatic carbocycles. The molecule has 0 saturated carbocycles. The van der Waals surface area contributed by atoms with Gasteiger partial charge in [0.2, 0.25) is 0 Å². The lowest BCUT2D eigenvalue weighted by atomic mass is 9.93. The molecule has 3 rings (SSSR count). The first-order chi connectivity index (χ1) is 10.6. The van der Waals surface area contributed by atoms with Gasteiger partial charge in [0.05, 0.1) is 6.67 Å². The van der Waals surface area contributed by atoms with E-state index in [-0.39, 0.29) is 12.6 Å². The molecule has 2 nitrogen and oxygen atoms in total. The van der Waals surface area contributed by atoms with Crippen LogP contribution in [-0.4, -0.2) is 36.8 Å². The molecule has 1 aliphatic heterocycles. The second-order valence-electron chi connectivity index (χ2n) is 6.01. The fourth-order valence-electron chi connectivity index (χ4n) is 3.12. The standard InChI is InChI=1S/C17H20ClFN2S/c1-11(6-19)13-3-4-16(21-8-12(9-21)10-22-2)15-7-20-17(18)5-14(13)15/h3-5,7,11-12H,6,8-10H2,1-2H3. The van der Waals surface area contributed by atoms with Crippen molar-refractivity contribution < 1.29 is 4.39 Å². The number of halogens is 2. The average molecular weight is 339 g/mol. The predicted octanol–water partition coefficient (Wildman–Crippen LogP) is 4.76. The molecule has 0 radical (unpaired) electrons.